The van der Waals surface area contributed by atoms with E-state index in [9.17, 15) is 9.90 Å². The lowest BCUT2D eigenvalue weighted by Gasteiger charge is -2.21. The van der Waals surface area contributed by atoms with E-state index >= 15 is 0 Å². The largest absolute Gasteiger partial charge is 0.387 e. The number of benzene rings is 1. The average molecular weight is 460 g/mol. The van der Waals surface area contributed by atoms with E-state index in [0.717, 1.165) is 49.3 Å². The van der Waals surface area contributed by atoms with Crippen molar-refractivity contribution in [2.45, 2.75) is 43.4 Å². The van der Waals surface area contributed by atoms with Crippen LogP contribution in [0.4, 0.5) is 0 Å². The molecule has 0 spiro atoms. The Hall–Kier alpha value is -3.17. The van der Waals surface area contributed by atoms with Gasteiger partial charge in [-0.1, -0.05) is 36.4 Å². The molecule has 9 heteroatoms. The lowest BCUT2D eigenvalue weighted by atomic mass is 10.0. The fourth-order valence-corrected chi connectivity index (χ4v) is 5.85. The standard InChI is InChI=1S/C25H29N7O2/c1-31-24(28-29-30-31)22-18-13-32(14-19(18)22)25(34)21-9-7-15(12-26-21)11-17-8-10-20(27-17)23(33)16-5-3-2-4-6-16/h2-7,9,12,17-20,22-23,27,33H,8,10-11,13-14H2,1H3/t17-,18-,19+,20+,22?,23+/m0/s1. The number of aliphatic hydroxyl groups is 1. The number of pyridine rings is 1. The van der Waals surface area contributed by atoms with Gasteiger partial charge in [0.2, 0.25) is 0 Å². The minimum Gasteiger partial charge on any atom is -0.387 e. The van der Waals surface area contributed by atoms with Gasteiger partial charge in [0.1, 0.15) is 5.69 Å². The molecule has 0 radical (unpaired) electrons. The highest BCUT2D eigenvalue weighted by atomic mass is 16.3. The molecule has 2 aliphatic heterocycles. The number of aryl methyl sites for hydroxylation is 1. The maximum atomic E-state index is 13.0. The normalized spacial score (nSPS) is 28.6. The smallest absolute Gasteiger partial charge is 0.272 e. The van der Waals surface area contributed by atoms with Crippen LogP contribution in [0.5, 0.6) is 0 Å². The summed E-state index contributed by atoms with van der Waals surface area (Å²) in [5, 5.41) is 26.1. The van der Waals surface area contributed by atoms with Gasteiger partial charge in [-0.3, -0.25) is 9.78 Å². The molecule has 2 aromatic heterocycles. The van der Waals surface area contributed by atoms with E-state index in [0.29, 0.717) is 29.5 Å². The number of aromatic nitrogens is 5. The molecule has 3 aliphatic rings. The Labute approximate surface area is 198 Å². The number of tetrazole rings is 1. The van der Waals surface area contributed by atoms with Gasteiger partial charge in [0.25, 0.3) is 5.91 Å². The number of hydrogen-bond donors (Lipinski definition) is 2. The Kier molecular flexibility index (Phi) is 5.38. The van der Waals surface area contributed by atoms with Gasteiger partial charge in [-0.2, -0.15) is 0 Å². The molecular weight excluding hydrogens is 430 g/mol. The molecule has 1 unspecified atom stereocenters. The van der Waals surface area contributed by atoms with Crippen molar-refractivity contribution in [3.05, 3.63) is 71.3 Å². The first-order valence-electron chi connectivity index (χ1n) is 12.0. The van der Waals surface area contributed by atoms with E-state index in [4.69, 9.17) is 0 Å². The molecule has 6 atom stereocenters. The first-order chi connectivity index (χ1) is 16.6. The highest BCUT2D eigenvalue weighted by Gasteiger charge is 2.59. The summed E-state index contributed by atoms with van der Waals surface area (Å²) in [7, 11) is 1.87. The molecule has 34 heavy (non-hydrogen) atoms. The fourth-order valence-electron chi connectivity index (χ4n) is 5.85. The van der Waals surface area contributed by atoms with Gasteiger partial charge in [-0.25, -0.2) is 4.68 Å². The Morgan fingerprint density at radius 2 is 1.94 bits per heavy atom. The second-order valence-electron chi connectivity index (χ2n) is 9.88. The SMILES string of the molecule is Cn1nnnc1C1[C@H]2CN(C(=O)c3ccc(C[C@@H]4CC[C@H]([C@H](O)c5ccccc5)N4)cn3)C[C@@H]12. The summed E-state index contributed by atoms with van der Waals surface area (Å²) >= 11 is 0. The van der Waals surface area contributed by atoms with E-state index in [2.05, 4.69) is 25.8 Å². The summed E-state index contributed by atoms with van der Waals surface area (Å²) in [6.07, 6.45) is 4.10. The number of nitrogens with zero attached hydrogens (tertiary/aromatic N) is 6. The zero-order valence-corrected chi connectivity index (χ0v) is 19.2. The quantitative estimate of drug-likeness (QED) is 0.575. The number of fused-ring (bicyclic) bond motifs is 1. The predicted octanol–water partition coefficient (Wildman–Crippen LogP) is 1.49. The third-order valence-electron chi connectivity index (χ3n) is 7.76. The number of piperidine rings is 1. The van der Waals surface area contributed by atoms with Crippen molar-refractivity contribution in [3.63, 3.8) is 0 Å². The van der Waals surface area contributed by atoms with Gasteiger partial charge in [-0.05, 0) is 58.7 Å². The van der Waals surface area contributed by atoms with Crippen molar-refractivity contribution in [2.75, 3.05) is 13.1 Å². The van der Waals surface area contributed by atoms with Crippen LogP contribution >= 0.6 is 0 Å². The molecule has 3 aromatic rings. The lowest BCUT2D eigenvalue weighted by molar-refractivity contribution is 0.0766. The number of likely N-dealkylation sites (tertiary alicyclic amines) is 1. The van der Waals surface area contributed by atoms with Crippen LogP contribution in [0.2, 0.25) is 0 Å². The van der Waals surface area contributed by atoms with Crippen LogP contribution in [0.25, 0.3) is 0 Å². The molecule has 4 heterocycles. The van der Waals surface area contributed by atoms with Gasteiger partial charge < -0.3 is 15.3 Å². The minimum atomic E-state index is -0.500. The molecule has 1 amide bonds. The number of aliphatic hydroxyl groups excluding tert-OH is 1. The van der Waals surface area contributed by atoms with E-state index in [1.165, 1.54) is 0 Å². The lowest BCUT2D eigenvalue weighted by Crippen LogP contribution is -2.35. The molecule has 176 valence electrons. The van der Waals surface area contributed by atoms with Crippen molar-refractivity contribution < 1.29 is 9.90 Å². The molecule has 1 aromatic carbocycles. The van der Waals surface area contributed by atoms with Crippen LogP contribution in [0.1, 0.15) is 52.3 Å². The average Bonchev–Trinajstić information content (AvgIpc) is 3.31. The molecular formula is C25H29N7O2. The molecule has 3 fully saturated rings. The number of amides is 1. The zero-order valence-electron chi connectivity index (χ0n) is 19.2. The topological polar surface area (TPSA) is 109 Å². The highest BCUT2D eigenvalue weighted by Crippen LogP contribution is 2.57. The number of nitrogens with one attached hydrogen (secondary N) is 1. The number of rotatable bonds is 6. The van der Waals surface area contributed by atoms with Crippen LogP contribution < -0.4 is 5.32 Å². The maximum Gasteiger partial charge on any atom is 0.272 e. The third-order valence-corrected chi connectivity index (χ3v) is 7.76. The predicted molar refractivity (Wildman–Crippen MR) is 124 cm³/mol. The van der Waals surface area contributed by atoms with Crippen molar-refractivity contribution in [1.82, 2.24) is 35.4 Å². The second-order valence-corrected chi connectivity index (χ2v) is 9.88. The van der Waals surface area contributed by atoms with Crippen LogP contribution in [-0.4, -0.2) is 66.3 Å². The van der Waals surface area contributed by atoms with Crippen LogP contribution in [0, 0.1) is 11.8 Å². The van der Waals surface area contributed by atoms with Gasteiger partial charge in [-0.15, -0.1) is 5.10 Å². The summed E-state index contributed by atoms with van der Waals surface area (Å²) in [5.41, 5.74) is 2.55. The van der Waals surface area contributed by atoms with Crippen LogP contribution in [0.15, 0.2) is 48.7 Å². The van der Waals surface area contributed by atoms with Gasteiger partial charge in [0.15, 0.2) is 5.82 Å². The molecule has 6 rings (SSSR count). The Bertz CT molecular complexity index is 1150. The van der Waals surface area contributed by atoms with Crippen molar-refractivity contribution in [1.29, 1.82) is 0 Å². The summed E-state index contributed by atoms with van der Waals surface area (Å²) in [6.45, 7) is 1.48. The first kappa shape index (κ1) is 21.4. The number of carbonyl (C=O) groups is 1. The van der Waals surface area contributed by atoms with E-state index in [-0.39, 0.29) is 11.9 Å². The Morgan fingerprint density at radius 1 is 1.15 bits per heavy atom. The minimum absolute atomic E-state index is 0.00127. The van der Waals surface area contributed by atoms with E-state index in [1.807, 2.05) is 60.6 Å². The monoisotopic (exact) mass is 459 g/mol. The molecule has 9 nitrogen and oxygen atoms in total. The van der Waals surface area contributed by atoms with E-state index < -0.39 is 6.10 Å². The summed E-state index contributed by atoms with van der Waals surface area (Å²) in [4.78, 5) is 19.4. The molecule has 1 saturated carbocycles. The summed E-state index contributed by atoms with van der Waals surface area (Å²) in [5.74, 6) is 2.17. The fraction of sp³-hybridized carbons (Fsp3) is 0.480. The number of carbonyl (C=O) groups excluding carboxylic acids is 1. The van der Waals surface area contributed by atoms with Gasteiger partial charge in [0.05, 0.1) is 6.10 Å². The van der Waals surface area contributed by atoms with Crippen LogP contribution in [0.3, 0.4) is 0 Å². The molecule has 2 saturated heterocycles. The van der Waals surface area contributed by atoms with Crippen molar-refractivity contribution in [3.8, 4) is 0 Å². The number of hydrogen-bond acceptors (Lipinski definition) is 7. The zero-order chi connectivity index (χ0) is 23.2. The van der Waals surface area contributed by atoms with Crippen LogP contribution in [-0.2, 0) is 13.5 Å². The maximum absolute atomic E-state index is 13.0. The summed E-state index contributed by atoms with van der Waals surface area (Å²) < 4.78 is 1.74. The van der Waals surface area contributed by atoms with E-state index in [1.54, 1.807) is 4.68 Å². The summed E-state index contributed by atoms with van der Waals surface area (Å²) in [6, 6.07) is 14.0. The molecule has 2 N–H and O–H groups in total. The Morgan fingerprint density at radius 3 is 2.62 bits per heavy atom. The first-order valence-corrected chi connectivity index (χ1v) is 12.0. The molecule has 0 bridgehead atoms. The van der Waals surface area contributed by atoms with Gasteiger partial charge in [0, 0.05) is 44.3 Å². The van der Waals surface area contributed by atoms with Crippen molar-refractivity contribution in [2.24, 2.45) is 18.9 Å². The van der Waals surface area contributed by atoms with Crippen molar-refractivity contribution >= 4 is 5.91 Å². The second kappa shape index (κ2) is 8.56. The highest BCUT2D eigenvalue weighted by molar-refractivity contribution is 5.92. The Balaban J connectivity index is 1.02. The molecule has 1 aliphatic carbocycles. The van der Waals surface area contributed by atoms with Gasteiger partial charge >= 0.3 is 0 Å². The third kappa shape index (κ3) is 3.88.